The van der Waals surface area contributed by atoms with Crippen molar-refractivity contribution in [1.29, 1.82) is 0 Å². The quantitative estimate of drug-likeness (QED) is 0.677. The smallest absolute Gasteiger partial charge is 0.189 e. The third-order valence-electron chi connectivity index (χ3n) is 2.48. The molecule has 0 aromatic rings. The van der Waals surface area contributed by atoms with E-state index in [0.29, 0.717) is 0 Å². The zero-order chi connectivity index (χ0) is 8.97. The van der Waals surface area contributed by atoms with Gasteiger partial charge in [0.2, 0.25) is 0 Å². The Kier molecular flexibility index (Phi) is 4.09. The molecule has 12 heavy (non-hydrogen) atoms. The lowest BCUT2D eigenvalue weighted by molar-refractivity contribution is -0.115. The normalized spacial score (nSPS) is 21.2. The number of hydrogen-bond acceptors (Lipinski definition) is 2. The van der Waals surface area contributed by atoms with Crippen molar-refractivity contribution in [3.05, 3.63) is 0 Å². The Hall–Kier alpha value is -0.0200. The predicted octanol–water partition coefficient (Wildman–Crippen LogP) is 1.56. The van der Waals surface area contributed by atoms with E-state index in [1.54, 1.807) is 0 Å². The van der Waals surface area contributed by atoms with Crippen molar-refractivity contribution >= 4 is 17.7 Å². The van der Waals surface area contributed by atoms with Crippen LogP contribution in [0.2, 0.25) is 0 Å². The van der Waals surface area contributed by atoms with E-state index in [1.165, 1.54) is 13.0 Å². The molecule has 1 saturated heterocycles. The standard InChI is InChI=1S/C9H17NOS/c1-2-5-10-6-3-8(4-7-10)9(11)12/h8H,2-7H2,1H3,(H,11,12). The fraction of sp³-hybridized carbons (Fsp3) is 0.889. The van der Waals surface area contributed by atoms with Gasteiger partial charge in [0.05, 0.1) is 0 Å². The number of carbonyl (C=O) groups is 1. The molecule has 0 aromatic carbocycles. The monoisotopic (exact) mass is 187 g/mol. The molecular formula is C9H17NOS. The molecule has 0 spiro atoms. The van der Waals surface area contributed by atoms with E-state index >= 15 is 0 Å². The highest BCUT2D eigenvalue weighted by molar-refractivity contribution is 7.96. The topological polar surface area (TPSA) is 20.3 Å². The van der Waals surface area contributed by atoms with Crippen LogP contribution in [0.1, 0.15) is 26.2 Å². The van der Waals surface area contributed by atoms with Crippen LogP contribution in [0, 0.1) is 5.92 Å². The number of rotatable bonds is 3. The van der Waals surface area contributed by atoms with Crippen LogP contribution in [0.15, 0.2) is 0 Å². The van der Waals surface area contributed by atoms with E-state index in [1.807, 2.05) is 0 Å². The maximum absolute atomic E-state index is 10.9. The van der Waals surface area contributed by atoms with Gasteiger partial charge in [-0.2, -0.15) is 0 Å². The molecule has 0 bridgehead atoms. The first-order valence-electron chi connectivity index (χ1n) is 4.69. The molecule has 0 aromatic heterocycles. The van der Waals surface area contributed by atoms with Gasteiger partial charge in [0.1, 0.15) is 0 Å². The molecule has 0 atom stereocenters. The van der Waals surface area contributed by atoms with Crippen LogP contribution in [-0.4, -0.2) is 29.6 Å². The molecule has 1 rings (SSSR count). The Bertz CT molecular complexity index is 153. The highest BCUT2D eigenvalue weighted by Gasteiger charge is 2.21. The maximum atomic E-state index is 10.9. The van der Waals surface area contributed by atoms with Crippen LogP contribution in [-0.2, 0) is 4.79 Å². The van der Waals surface area contributed by atoms with Crippen molar-refractivity contribution in [2.24, 2.45) is 5.92 Å². The Morgan fingerprint density at radius 3 is 2.50 bits per heavy atom. The van der Waals surface area contributed by atoms with Gasteiger partial charge in [0, 0.05) is 5.92 Å². The predicted molar refractivity (Wildman–Crippen MR) is 53.4 cm³/mol. The summed E-state index contributed by atoms with van der Waals surface area (Å²) in [5, 5.41) is 0.0751. The van der Waals surface area contributed by atoms with Crippen LogP contribution in [0.4, 0.5) is 0 Å². The summed E-state index contributed by atoms with van der Waals surface area (Å²) in [5.74, 6) is 0.224. The van der Waals surface area contributed by atoms with E-state index in [4.69, 9.17) is 0 Å². The zero-order valence-corrected chi connectivity index (χ0v) is 8.52. The largest absolute Gasteiger partial charge is 0.303 e. The molecule has 0 aliphatic carbocycles. The highest BCUT2D eigenvalue weighted by Crippen LogP contribution is 2.19. The molecule has 0 N–H and O–H groups in total. The van der Waals surface area contributed by atoms with Gasteiger partial charge in [-0.05, 0) is 38.9 Å². The highest BCUT2D eigenvalue weighted by atomic mass is 32.1. The minimum atomic E-state index is 0.0751. The first-order valence-corrected chi connectivity index (χ1v) is 5.14. The molecule has 0 unspecified atom stereocenters. The third kappa shape index (κ3) is 2.79. The van der Waals surface area contributed by atoms with E-state index in [-0.39, 0.29) is 11.0 Å². The van der Waals surface area contributed by atoms with Gasteiger partial charge in [-0.3, -0.25) is 4.79 Å². The molecule has 1 aliphatic rings. The van der Waals surface area contributed by atoms with Gasteiger partial charge in [-0.15, -0.1) is 12.6 Å². The number of piperidine rings is 1. The Balaban J connectivity index is 2.25. The lowest BCUT2D eigenvalue weighted by Gasteiger charge is -2.29. The summed E-state index contributed by atoms with van der Waals surface area (Å²) in [6.07, 6.45) is 3.21. The average Bonchev–Trinajstić information content (AvgIpc) is 2.06. The molecule has 1 fully saturated rings. The molecular weight excluding hydrogens is 170 g/mol. The number of hydrogen-bond donors (Lipinski definition) is 1. The number of likely N-dealkylation sites (tertiary alicyclic amines) is 1. The number of nitrogens with zero attached hydrogens (tertiary/aromatic N) is 1. The number of carbonyl (C=O) groups excluding carboxylic acids is 1. The average molecular weight is 187 g/mol. The van der Waals surface area contributed by atoms with Gasteiger partial charge in [-0.25, -0.2) is 0 Å². The third-order valence-corrected chi connectivity index (χ3v) is 2.84. The summed E-state index contributed by atoms with van der Waals surface area (Å²) in [4.78, 5) is 13.3. The summed E-state index contributed by atoms with van der Waals surface area (Å²) < 4.78 is 0. The fourth-order valence-corrected chi connectivity index (χ4v) is 1.98. The summed E-state index contributed by atoms with van der Waals surface area (Å²) in [6, 6.07) is 0. The molecule has 2 nitrogen and oxygen atoms in total. The summed E-state index contributed by atoms with van der Waals surface area (Å²) in [5.41, 5.74) is 0. The van der Waals surface area contributed by atoms with E-state index in [2.05, 4.69) is 24.5 Å². The minimum absolute atomic E-state index is 0.0751. The molecule has 0 saturated carbocycles. The molecule has 0 radical (unpaired) electrons. The molecule has 3 heteroatoms. The second kappa shape index (κ2) is 4.87. The van der Waals surface area contributed by atoms with Crippen molar-refractivity contribution < 1.29 is 4.79 Å². The summed E-state index contributed by atoms with van der Waals surface area (Å²) >= 11 is 3.87. The Labute approximate surface area is 79.7 Å². The first kappa shape index (κ1) is 10.1. The molecule has 1 heterocycles. The second-order valence-corrected chi connectivity index (χ2v) is 3.89. The van der Waals surface area contributed by atoms with E-state index in [9.17, 15) is 4.79 Å². The number of thiol groups is 1. The van der Waals surface area contributed by atoms with Crippen molar-refractivity contribution in [2.75, 3.05) is 19.6 Å². The summed E-state index contributed by atoms with van der Waals surface area (Å²) in [7, 11) is 0. The summed E-state index contributed by atoms with van der Waals surface area (Å²) in [6.45, 7) is 5.51. The van der Waals surface area contributed by atoms with Crippen LogP contribution in [0.3, 0.4) is 0 Å². The minimum Gasteiger partial charge on any atom is -0.303 e. The van der Waals surface area contributed by atoms with Crippen molar-refractivity contribution in [1.82, 2.24) is 4.90 Å². The van der Waals surface area contributed by atoms with E-state index in [0.717, 1.165) is 25.9 Å². The van der Waals surface area contributed by atoms with E-state index < -0.39 is 0 Å². The van der Waals surface area contributed by atoms with Crippen LogP contribution in [0.25, 0.3) is 0 Å². The lowest BCUT2D eigenvalue weighted by atomic mass is 9.98. The zero-order valence-electron chi connectivity index (χ0n) is 7.62. The Morgan fingerprint density at radius 1 is 1.50 bits per heavy atom. The van der Waals surface area contributed by atoms with Crippen molar-refractivity contribution in [3.8, 4) is 0 Å². The lowest BCUT2D eigenvalue weighted by Crippen LogP contribution is -2.35. The van der Waals surface area contributed by atoms with Gasteiger partial charge in [0.25, 0.3) is 0 Å². The van der Waals surface area contributed by atoms with Crippen LogP contribution >= 0.6 is 12.6 Å². The fourth-order valence-electron chi connectivity index (χ4n) is 1.72. The van der Waals surface area contributed by atoms with Gasteiger partial charge < -0.3 is 4.90 Å². The van der Waals surface area contributed by atoms with Gasteiger partial charge in [0.15, 0.2) is 5.12 Å². The second-order valence-electron chi connectivity index (χ2n) is 3.45. The molecule has 0 amide bonds. The van der Waals surface area contributed by atoms with Crippen molar-refractivity contribution in [2.45, 2.75) is 26.2 Å². The van der Waals surface area contributed by atoms with Gasteiger partial charge in [-0.1, -0.05) is 6.92 Å². The van der Waals surface area contributed by atoms with Crippen LogP contribution < -0.4 is 0 Å². The first-order chi connectivity index (χ1) is 5.74. The SMILES string of the molecule is CCCN1CCC(C(=O)S)CC1. The van der Waals surface area contributed by atoms with Crippen molar-refractivity contribution in [3.63, 3.8) is 0 Å². The maximum Gasteiger partial charge on any atom is 0.189 e. The van der Waals surface area contributed by atoms with Crippen LogP contribution in [0.5, 0.6) is 0 Å². The molecule has 70 valence electrons. The Morgan fingerprint density at radius 2 is 2.08 bits per heavy atom. The molecule has 1 aliphatic heterocycles. The van der Waals surface area contributed by atoms with Gasteiger partial charge >= 0.3 is 0 Å².